The highest BCUT2D eigenvalue weighted by atomic mass is 16.6. The molecule has 0 amide bonds. The number of hydrogen-bond donors (Lipinski definition) is 0. The van der Waals surface area contributed by atoms with Gasteiger partial charge in [0.25, 0.3) is 0 Å². The van der Waals surface area contributed by atoms with Crippen molar-refractivity contribution in [3.63, 3.8) is 0 Å². The Labute approximate surface area is 108 Å². The minimum absolute atomic E-state index is 0.534. The minimum Gasteiger partial charge on any atom is -0.367 e. The Hall–Kier alpha value is -0.0800. The monoisotopic (exact) mass is 242 g/mol. The van der Waals surface area contributed by atoms with Gasteiger partial charge in [0, 0.05) is 0 Å². The molecule has 102 valence electrons. The molecular formula is C15H32NO+. The normalized spacial score (nSPS) is 28.2. The number of ether oxygens (including phenoxy) is 1. The van der Waals surface area contributed by atoms with Crippen LogP contribution in [0, 0.1) is 0 Å². The Kier molecular flexibility index (Phi) is 5.46. The first-order valence-corrected chi connectivity index (χ1v) is 7.51. The average Bonchev–Trinajstić information content (AvgIpc) is 3.16. The van der Waals surface area contributed by atoms with Gasteiger partial charge in [-0.15, -0.1) is 0 Å². The van der Waals surface area contributed by atoms with Gasteiger partial charge in [-0.05, 0) is 40.0 Å². The predicted molar refractivity (Wildman–Crippen MR) is 74.1 cm³/mol. The van der Waals surface area contributed by atoms with Gasteiger partial charge in [-0.25, -0.2) is 0 Å². The fraction of sp³-hybridized carbons (Fsp3) is 1.00. The lowest BCUT2D eigenvalue weighted by atomic mass is 9.97. The number of quaternary nitrogens is 1. The molecule has 0 aromatic carbocycles. The van der Waals surface area contributed by atoms with E-state index < -0.39 is 0 Å². The zero-order valence-electron chi connectivity index (χ0n) is 12.7. The second-order valence-electron chi connectivity index (χ2n) is 5.90. The van der Waals surface area contributed by atoms with Crippen molar-refractivity contribution < 1.29 is 9.22 Å². The summed E-state index contributed by atoms with van der Waals surface area (Å²) in [5, 5.41) is 0. The zero-order valence-corrected chi connectivity index (χ0v) is 12.7. The molecule has 0 aliphatic carbocycles. The first-order valence-electron chi connectivity index (χ1n) is 7.51. The molecule has 17 heavy (non-hydrogen) atoms. The number of rotatable bonds is 8. The van der Waals surface area contributed by atoms with Crippen LogP contribution < -0.4 is 0 Å². The molecule has 4 atom stereocenters. The van der Waals surface area contributed by atoms with Gasteiger partial charge >= 0.3 is 0 Å². The first kappa shape index (κ1) is 15.0. The molecule has 4 unspecified atom stereocenters. The van der Waals surface area contributed by atoms with Crippen molar-refractivity contribution in [2.24, 2.45) is 0 Å². The third-order valence-electron chi connectivity index (χ3n) is 5.16. The molecule has 0 spiro atoms. The molecule has 1 rings (SSSR count). The molecule has 1 aliphatic heterocycles. The van der Waals surface area contributed by atoms with Crippen molar-refractivity contribution >= 4 is 0 Å². The van der Waals surface area contributed by atoms with Crippen molar-refractivity contribution in [2.45, 2.75) is 85.0 Å². The lowest BCUT2D eigenvalue weighted by Crippen LogP contribution is -2.65. The molecule has 0 saturated carbocycles. The van der Waals surface area contributed by atoms with Crippen LogP contribution >= 0.6 is 0 Å². The van der Waals surface area contributed by atoms with E-state index in [0.29, 0.717) is 6.10 Å². The van der Waals surface area contributed by atoms with Crippen molar-refractivity contribution in [3.8, 4) is 0 Å². The first-order chi connectivity index (χ1) is 8.02. The molecule has 0 N–H and O–H groups in total. The summed E-state index contributed by atoms with van der Waals surface area (Å²) in [5.41, 5.74) is 0. The van der Waals surface area contributed by atoms with Crippen LogP contribution in [0.25, 0.3) is 0 Å². The van der Waals surface area contributed by atoms with Crippen LogP contribution in [0.1, 0.15) is 60.8 Å². The quantitative estimate of drug-likeness (QED) is 0.468. The summed E-state index contributed by atoms with van der Waals surface area (Å²) >= 11 is 0. The van der Waals surface area contributed by atoms with Gasteiger partial charge in [-0.3, -0.25) is 0 Å². The number of epoxide rings is 1. The molecule has 1 heterocycles. The molecule has 0 bridgehead atoms. The van der Waals surface area contributed by atoms with Crippen molar-refractivity contribution in [2.75, 3.05) is 13.2 Å². The summed E-state index contributed by atoms with van der Waals surface area (Å²) in [5.74, 6) is 0. The molecule has 0 radical (unpaired) electrons. The SMILES string of the molecule is CCC(C)[N+](CC1CO1)(C(C)CC)C(C)CC. The molecule has 0 aromatic heterocycles. The van der Waals surface area contributed by atoms with Crippen molar-refractivity contribution in [1.29, 1.82) is 0 Å². The van der Waals surface area contributed by atoms with Crippen molar-refractivity contribution in [1.82, 2.24) is 0 Å². The number of hydrogen-bond acceptors (Lipinski definition) is 1. The van der Waals surface area contributed by atoms with Crippen LogP contribution in [0.3, 0.4) is 0 Å². The van der Waals surface area contributed by atoms with Crippen LogP contribution in [0.5, 0.6) is 0 Å². The van der Waals surface area contributed by atoms with E-state index in [1.165, 1.54) is 30.3 Å². The van der Waals surface area contributed by atoms with Crippen LogP contribution in [-0.4, -0.2) is 41.9 Å². The van der Waals surface area contributed by atoms with E-state index >= 15 is 0 Å². The Morgan fingerprint density at radius 1 is 0.941 bits per heavy atom. The summed E-state index contributed by atoms with van der Waals surface area (Å²) in [4.78, 5) is 0. The van der Waals surface area contributed by atoms with E-state index in [4.69, 9.17) is 4.74 Å². The van der Waals surface area contributed by atoms with Crippen LogP contribution in [0.4, 0.5) is 0 Å². The Bertz CT molecular complexity index is 198. The predicted octanol–water partition coefficient (Wildman–Crippen LogP) is 3.60. The summed E-state index contributed by atoms with van der Waals surface area (Å²) in [6.45, 7) is 16.5. The molecule has 1 saturated heterocycles. The lowest BCUT2D eigenvalue weighted by Gasteiger charge is -2.52. The third kappa shape index (κ3) is 3.03. The molecule has 1 aliphatic rings. The maximum Gasteiger partial charge on any atom is 0.130 e. The Morgan fingerprint density at radius 2 is 1.29 bits per heavy atom. The van der Waals surface area contributed by atoms with Gasteiger partial charge in [0.1, 0.15) is 12.6 Å². The number of nitrogens with zero attached hydrogens (tertiary/aromatic N) is 1. The maximum absolute atomic E-state index is 5.53. The van der Waals surface area contributed by atoms with E-state index in [0.717, 1.165) is 24.7 Å². The Morgan fingerprint density at radius 3 is 1.53 bits per heavy atom. The second-order valence-corrected chi connectivity index (χ2v) is 5.90. The molecular weight excluding hydrogens is 210 g/mol. The van der Waals surface area contributed by atoms with E-state index in [1.54, 1.807) is 0 Å². The highest BCUT2D eigenvalue weighted by Gasteiger charge is 2.46. The third-order valence-corrected chi connectivity index (χ3v) is 5.16. The molecule has 2 nitrogen and oxygen atoms in total. The van der Waals surface area contributed by atoms with Crippen LogP contribution in [0.15, 0.2) is 0 Å². The maximum atomic E-state index is 5.53. The summed E-state index contributed by atoms with van der Waals surface area (Å²) in [6.07, 6.45) is 4.33. The largest absolute Gasteiger partial charge is 0.367 e. The van der Waals surface area contributed by atoms with E-state index in [9.17, 15) is 0 Å². The standard InChI is InChI=1S/C15H32NO/c1-7-12(4)16(13(5)8-2,14(6)9-3)10-15-11-17-15/h12-15H,7-11H2,1-6H3/q+1. The highest BCUT2D eigenvalue weighted by molar-refractivity contribution is 4.74. The highest BCUT2D eigenvalue weighted by Crippen LogP contribution is 2.32. The van der Waals surface area contributed by atoms with Gasteiger partial charge in [-0.1, -0.05) is 20.8 Å². The molecule has 0 aromatic rings. The smallest absolute Gasteiger partial charge is 0.130 e. The molecule has 2 heteroatoms. The average molecular weight is 242 g/mol. The van der Waals surface area contributed by atoms with Crippen LogP contribution in [-0.2, 0) is 4.74 Å². The van der Waals surface area contributed by atoms with Crippen molar-refractivity contribution in [3.05, 3.63) is 0 Å². The summed E-state index contributed by atoms with van der Waals surface area (Å²) < 4.78 is 6.79. The second kappa shape index (κ2) is 6.19. The van der Waals surface area contributed by atoms with Gasteiger partial charge in [-0.2, -0.15) is 0 Å². The van der Waals surface area contributed by atoms with Gasteiger partial charge in [0.2, 0.25) is 0 Å². The fourth-order valence-electron chi connectivity index (χ4n) is 3.39. The van der Waals surface area contributed by atoms with Crippen LogP contribution in [0.2, 0.25) is 0 Å². The van der Waals surface area contributed by atoms with Gasteiger partial charge < -0.3 is 9.22 Å². The lowest BCUT2D eigenvalue weighted by molar-refractivity contribution is -0.990. The molecule has 1 fully saturated rings. The van der Waals surface area contributed by atoms with Gasteiger partial charge in [0.05, 0.1) is 24.7 Å². The summed E-state index contributed by atoms with van der Waals surface area (Å²) in [7, 11) is 0. The topological polar surface area (TPSA) is 12.5 Å². The zero-order chi connectivity index (χ0) is 13.1. The van der Waals surface area contributed by atoms with E-state index in [1.807, 2.05) is 0 Å². The summed E-state index contributed by atoms with van der Waals surface area (Å²) in [6, 6.07) is 2.22. The Balaban J connectivity index is 2.97. The minimum atomic E-state index is 0.534. The fourth-order valence-corrected chi connectivity index (χ4v) is 3.39. The van der Waals surface area contributed by atoms with E-state index in [-0.39, 0.29) is 0 Å². The van der Waals surface area contributed by atoms with Gasteiger partial charge in [0.15, 0.2) is 0 Å². The van der Waals surface area contributed by atoms with E-state index in [2.05, 4.69) is 41.5 Å².